The van der Waals surface area contributed by atoms with Crippen LogP contribution in [0, 0.1) is 23.6 Å². The first-order valence-corrected chi connectivity index (χ1v) is 7.74. The first-order chi connectivity index (χ1) is 10.1. The van der Waals surface area contributed by atoms with Gasteiger partial charge in [0.2, 0.25) is 0 Å². The van der Waals surface area contributed by atoms with Crippen molar-refractivity contribution in [1.29, 1.82) is 0 Å². The molecule has 1 saturated heterocycles. The largest absolute Gasteiger partial charge is 0.395 e. The maximum absolute atomic E-state index is 13.7. The van der Waals surface area contributed by atoms with Crippen LogP contribution < -0.4 is 0 Å². The molecule has 0 bridgehead atoms. The van der Waals surface area contributed by atoms with E-state index in [1.54, 1.807) is 0 Å². The SMILES string of the molecule is CC(C)C1CCCN1Cc1ccc(F)c(C#CCCO)c1. The summed E-state index contributed by atoms with van der Waals surface area (Å²) in [5.41, 5.74) is 1.54. The average molecular weight is 289 g/mol. The second kappa shape index (κ2) is 7.59. The van der Waals surface area contributed by atoms with E-state index in [2.05, 4.69) is 30.6 Å². The molecule has 1 heterocycles. The lowest BCUT2D eigenvalue weighted by Gasteiger charge is -2.27. The summed E-state index contributed by atoms with van der Waals surface area (Å²) >= 11 is 0. The lowest BCUT2D eigenvalue weighted by atomic mass is 10.0. The van der Waals surface area contributed by atoms with Crippen LogP contribution in [0.15, 0.2) is 18.2 Å². The standard InChI is InChI=1S/C18H24FNO/c1-14(2)18-7-5-10-20(18)13-15-8-9-17(19)16(12-15)6-3-4-11-21/h8-9,12,14,18,21H,4-5,7,10-11,13H2,1-2H3. The third-order valence-corrected chi connectivity index (χ3v) is 4.06. The summed E-state index contributed by atoms with van der Waals surface area (Å²) < 4.78 is 13.7. The molecule has 2 nitrogen and oxygen atoms in total. The van der Waals surface area contributed by atoms with Gasteiger partial charge in [-0.1, -0.05) is 31.8 Å². The highest BCUT2D eigenvalue weighted by Crippen LogP contribution is 2.25. The lowest BCUT2D eigenvalue weighted by Crippen LogP contribution is -2.32. The van der Waals surface area contributed by atoms with Crippen LogP contribution in [0.4, 0.5) is 4.39 Å². The maximum Gasteiger partial charge on any atom is 0.138 e. The maximum atomic E-state index is 13.7. The van der Waals surface area contributed by atoms with E-state index in [9.17, 15) is 4.39 Å². The molecule has 1 aromatic rings. The number of nitrogens with zero attached hydrogens (tertiary/aromatic N) is 1. The number of likely N-dealkylation sites (tertiary alicyclic amines) is 1. The highest BCUT2D eigenvalue weighted by Gasteiger charge is 2.26. The van der Waals surface area contributed by atoms with Crippen LogP contribution in [0.5, 0.6) is 0 Å². The molecule has 114 valence electrons. The van der Waals surface area contributed by atoms with Gasteiger partial charge in [-0.15, -0.1) is 0 Å². The van der Waals surface area contributed by atoms with Crippen molar-refractivity contribution in [2.75, 3.05) is 13.2 Å². The van der Waals surface area contributed by atoms with Gasteiger partial charge in [-0.05, 0) is 43.0 Å². The van der Waals surface area contributed by atoms with Gasteiger partial charge in [0.25, 0.3) is 0 Å². The average Bonchev–Trinajstić information content (AvgIpc) is 2.91. The zero-order valence-corrected chi connectivity index (χ0v) is 12.9. The number of hydrogen-bond acceptors (Lipinski definition) is 2. The Kier molecular flexibility index (Phi) is 5.78. The Labute approximate surface area is 127 Å². The van der Waals surface area contributed by atoms with E-state index >= 15 is 0 Å². The summed E-state index contributed by atoms with van der Waals surface area (Å²) in [5.74, 6) is 5.96. The van der Waals surface area contributed by atoms with Gasteiger partial charge in [0.1, 0.15) is 5.82 Å². The third-order valence-electron chi connectivity index (χ3n) is 4.06. The fourth-order valence-electron chi connectivity index (χ4n) is 3.02. The Morgan fingerprint density at radius 3 is 2.95 bits per heavy atom. The van der Waals surface area contributed by atoms with Gasteiger partial charge < -0.3 is 5.11 Å². The van der Waals surface area contributed by atoms with E-state index in [-0.39, 0.29) is 12.4 Å². The lowest BCUT2D eigenvalue weighted by molar-refractivity contribution is 0.199. The van der Waals surface area contributed by atoms with Crippen LogP contribution in [0.2, 0.25) is 0 Å². The van der Waals surface area contributed by atoms with Crippen LogP contribution in [-0.4, -0.2) is 29.2 Å². The molecule has 21 heavy (non-hydrogen) atoms. The van der Waals surface area contributed by atoms with Gasteiger partial charge in [0.05, 0.1) is 12.2 Å². The van der Waals surface area contributed by atoms with Crippen molar-refractivity contribution in [2.45, 2.75) is 45.7 Å². The molecule has 2 rings (SSSR count). The summed E-state index contributed by atoms with van der Waals surface area (Å²) in [7, 11) is 0. The smallest absolute Gasteiger partial charge is 0.138 e. The number of halogens is 1. The van der Waals surface area contributed by atoms with Crippen molar-refractivity contribution in [2.24, 2.45) is 5.92 Å². The molecule has 1 aliphatic rings. The molecular formula is C18H24FNO. The van der Waals surface area contributed by atoms with Crippen LogP contribution in [0.25, 0.3) is 0 Å². The van der Waals surface area contributed by atoms with Gasteiger partial charge in [0.15, 0.2) is 0 Å². The summed E-state index contributed by atoms with van der Waals surface area (Å²) in [6, 6.07) is 5.81. The van der Waals surface area contributed by atoms with Crippen LogP contribution in [0.1, 0.15) is 44.2 Å². The molecule has 1 atom stereocenters. The van der Waals surface area contributed by atoms with E-state index < -0.39 is 0 Å². The minimum absolute atomic E-state index is 0.0121. The van der Waals surface area contributed by atoms with Crippen molar-refractivity contribution in [3.8, 4) is 11.8 Å². The fraction of sp³-hybridized carbons (Fsp3) is 0.556. The molecule has 0 spiro atoms. The van der Waals surface area contributed by atoms with Gasteiger partial charge in [-0.25, -0.2) is 4.39 Å². The molecular weight excluding hydrogens is 265 g/mol. The Morgan fingerprint density at radius 1 is 1.43 bits per heavy atom. The molecule has 1 aromatic carbocycles. The van der Waals surface area contributed by atoms with E-state index in [1.807, 2.05) is 12.1 Å². The number of aliphatic hydroxyl groups excluding tert-OH is 1. The van der Waals surface area contributed by atoms with Gasteiger partial charge in [0, 0.05) is 19.0 Å². The van der Waals surface area contributed by atoms with E-state index in [4.69, 9.17) is 5.11 Å². The highest BCUT2D eigenvalue weighted by molar-refractivity contribution is 5.38. The first kappa shape index (κ1) is 16.0. The van der Waals surface area contributed by atoms with Crippen molar-refractivity contribution >= 4 is 0 Å². The molecule has 1 N–H and O–H groups in total. The molecule has 0 aliphatic carbocycles. The topological polar surface area (TPSA) is 23.5 Å². The second-order valence-corrected chi connectivity index (χ2v) is 6.01. The third kappa shape index (κ3) is 4.30. The number of rotatable bonds is 4. The minimum atomic E-state index is -0.286. The number of hydrogen-bond donors (Lipinski definition) is 1. The predicted octanol–water partition coefficient (Wildman–Crippen LogP) is 3.18. The Morgan fingerprint density at radius 2 is 2.24 bits per heavy atom. The van der Waals surface area contributed by atoms with E-state index in [1.165, 1.54) is 18.9 Å². The van der Waals surface area contributed by atoms with Crippen LogP contribution in [-0.2, 0) is 6.54 Å². The first-order valence-electron chi connectivity index (χ1n) is 7.74. The molecule has 1 fully saturated rings. The quantitative estimate of drug-likeness (QED) is 0.861. The molecule has 0 aromatic heterocycles. The predicted molar refractivity (Wildman–Crippen MR) is 83.3 cm³/mol. The van der Waals surface area contributed by atoms with Crippen molar-refractivity contribution in [3.63, 3.8) is 0 Å². The van der Waals surface area contributed by atoms with E-state index in [0.717, 1.165) is 18.7 Å². The summed E-state index contributed by atoms with van der Waals surface area (Å²) in [6.07, 6.45) is 2.88. The Balaban J connectivity index is 2.10. The second-order valence-electron chi connectivity index (χ2n) is 6.01. The molecule has 3 heteroatoms. The molecule has 1 aliphatic heterocycles. The number of benzene rings is 1. The highest BCUT2D eigenvalue weighted by atomic mass is 19.1. The van der Waals surface area contributed by atoms with Crippen LogP contribution >= 0.6 is 0 Å². The van der Waals surface area contributed by atoms with Gasteiger partial charge in [-0.3, -0.25) is 4.90 Å². The summed E-state index contributed by atoms with van der Waals surface area (Å²) in [5, 5.41) is 8.74. The zero-order chi connectivity index (χ0) is 15.2. The normalized spacial score (nSPS) is 18.8. The molecule has 1 unspecified atom stereocenters. The monoisotopic (exact) mass is 289 g/mol. The van der Waals surface area contributed by atoms with Crippen molar-refractivity contribution in [3.05, 3.63) is 35.1 Å². The van der Waals surface area contributed by atoms with Gasteiger partial charge >= 0.3 is 0 Å². The van der Waals surface area contributed by atoms with Crippen LogP contribution in [0.3, 0.4) is 0 Å². The molecule has 0 amide bonds. The number of aliphatic hydroxyl groups is 1. The zero-order valence-electron chi connectivity index (χ0n) is 12.9. The molecule has 0 saturated carbocycles. The van der Waals surface area contributed by atoms with E-state index in [0.29, 0.717) is 23.9 Å². The molecule has 0 radical (unpaired) electrons. The Bertz CT molecular complexity index is 530. The fourth-order valence-corrected chi connectivity index (χ4v) is 3.02. The summed E-state index contributed by atoms with van der Waals surface area (Å²) in [6.45, 7) is 6.51. The minimum Gasteiger partial charge on any atom is -0.395 e. The van der Waals surface area contributed by atoms with Gasteiger partial charge in [-0.2, -0.15) is 0 Å². The van der Waals surface area contributed by atoms with Crippen molar-refractivity contribution in [1.82, 2.24) is 4.90 Å². The summed E-state index contributed by atoms with van der Waals surface area (Å²) in [4.78, 5) is 2.49. The Hall–Kier alpha value is -1.37. The van der Waals surface area contributed by atoms with Crippen molar-refractivity contribution < 1.29 is 9.50 Å².